The summed E-state index contributed by atoms with van der Waals surface area (Å²) in [7, 11) is 0. The van der Waals surface area contributed by atoms with E-state index in [2.05, 4.69) is 10.3 Å². The average molecular weight is 304 g/mol. The third-order valence-corrected chi connectivity index (χ3v) is 6.36. The molecular weight excluding hydrogens is 284 g/mol. The highest BCUT2D eigenvalue weighted by Gasteiger charge is 2.54. The maximum Gasteiger partial charge on any atom is 0.232 e. The zero-order valence-electron chi connectivity index (χ0n) is 12.2. The molecule has 0 spiro atoms. The fourth-order valence-corrected chi connectivity index (χ4v) is 5.86. The van der Waals surface area contributed by atoms with Crippen LogP contribution in [-0.4, -0.2) is 16.7 Å². The first-order valence-corrected chi connectivity index (χ1v) is 8.70. The Morgan fingerprint density at radius 2 is 1.76 bits per heavy atom. The molecule has 1 amide bonds. The Morgan fingerprint density at radius 1 is 1.19 bits per heavy atom. The Labute approximate surface area is 128 Å². The fourth-order valence-electron chi connectivity index (χ4n) is 5.11. The van der Waals surface area contributed by atoms with Crippen LogP contribution in [0.2, 0.25) is 0 Å². The molecule has 0 aliphatic heterocycles. The summed E-state index contributed by atoms with van der Waals surface area (Å²) in [5.41, 5.74) is 0.289. The van der Waals surface area contributed by atoms with Crippen molar-refractivity contribution in [2.45, 2.75) is 45.4 Å². The van der Waals surface area contributed by atoms with Crippen molar-refractivity contribution in [3.05, 3.63) is 11.1 Å². The van der Waals surface area contributed by atoms with Gasteiger partial charge in [-0.25, -0.2) is 4.98 Å². The average Bonchev–Trinajstić information content (AvgIpc) is 2.85. The SMILES string of the molecule is CC(=O)c1csc(NC(=O)C23CC4CC(CC(C4)C2)C3)n1. The van der Waals surface area contributed by atoms with Crippen molar-refractivity contribution in [1.82, 2.24) is 4.98 Å². The normalized spacial score (nSPS) is 36.7. The van der Waals surface area contributed by atoms with E-state index in [1.54, 1.807) is 5.38 Å². The van der Waals surface area contributed by atoms with E-state index in [1.807, 2.05) is 0 Å². The minimum absolute atomic E-state index is 0.0541. The molecule has 0 saturated heterocycles. The zero-order valence-corrected chi connectivity index (χ0v) is 13.0. The molecule has 0 radical (unpaired) electrons. The smallest absolute Gasteiger partial charge is 0.232 e. The predicted octanol–water partition coefficient (Wildman–Crippen LogP) is 3.50. The van der Waals surface area contributed by atoms with Crippen molar-refractivity contribution in [3.63, 3.8) is 0 Å². The molecule has 0 aromatic carbocycles. The monoisotopic (exact) mass is 304 g/mol. The molecule has 4 nitrogen and oxygen atoms in total. The number of rotatable bonds is 3. The van der Waals surface area contributed by atoms with Gasteiger partial charge in [0.1, 0.15) is 5.69 Å². The highest BCUT2D eigenvalue weighted by atomic mass is 32.1. The third-order valence-electron chi connectivity index (χ3n) is 5.61. The Kier molecular flexibility index (Phi) is 2.96. The second-order valence-corrected chi connectivity index (χ2v) is 8.10. The summed E-state index contributed by atoms with van der Waals surface area (Å²) in [6, 6.07) is 0. The van der Waals surface area contributed by atoms with Gasteiger partial charge in [-0.3, -0.25) is 9.59 Å². The minimum Gasteiger partial charge on any atom is -0.301 e. The molecule has 5 rings (SSSR count). The highest BCUT2D eigenvalue weighted by molar-refractivity contribution is 7.14. The maximum atomic E-state index is 12.8. The summed E-state index contributed by atoms with van der Waals surface area (Å²) in [5, 5.41) is 5.28. The molecule has 1 heterocycles. The van der Waals surface area contributed by atoms with Crippen molar-refractivity contribution in [2.75, 3.05) is 5.32 Å². The van der Waals surface area contributed by atoms with Gasteiger partial charge in [0, 0.05) is 12.3 Å². The van der Waals surface area contributed by atoms with E-state index in [9.17, 15) is 9.59 Å². The van der Waals surface area contributed by atoms with Crippen molar-refractivity contribution in [3.8, 4) is 0 Å². The summed E-state index contributed by atoms with van der Waals surface area (Å²) in [6.07, 6.45) is 7.15. The molecule has 0 unspecified atom stereocenters. The number of thiazole rings is 1. The van der Waals surface area contributed by atoms with Crippen LogP contribution >= 0.6 is 11.3 Å². The molecule has 4 bridgehead atoms. The highest BCUT2D eigenvalue weighted by Crippen LogP contribution is 2.60. The molecule has 4 saturated carbocycles. The Morgan fingerprint density at radius 3 is 2.24 bits per heavy atom. The second kappa shape index (κ2) is 4.63. The van der Waals surface area contributed by atoms with Crippen molar-refractivity contribution in [2.24, 2.45) is 23.2 Å². The minimum atomic E-state index is -0.156. The van der Waals surface area contributed by atoms with E-state index < -0.39 is 0 Å². The van der Waals surface area contributed by atoms with Crippen LogP contribution in [0.1, 0.15) is 55.9 Å². The summed E-state index contributed by atoms with van der Waals surface area (Å²) in [4.78, 5) is 28.3. The molecule has 21 heavy (non-hydrogen) atoms. The standard InChI is InChI=1S/C16H20N2O2S/c1-9(19)13-8-21-15(17-13)18-14(20)16-5-10-2-11(6-16)4-12(3-10)7-16/h8,10-12H,2-7H2,1H3,(H,17,18,20). The Hall–Kier alpha value is -1.23. The number of carbonyl (C=O) groups is 2. The van der Waals surface area contributed by atoms with Crippen LogP contribution in [0.5, 0.6) is 0 Å². The number of aromatic nitrogens is 1. The second-order valence-electron chi connectivity index (χ2n) is 7.25. The largest absolute Gasteiger partial charge is 0.301 e. The predicted molar refractivity (Wildman–Crippen MR) is 81.4 cm³/mol. The number of Topliss-reactive ketones (excluding diaryl/α,β-unsaturated/α-hetero) is 1. The maximum absolute atomic E-state index is 12.8. The first-order chi connectivity index (χ1) is 10.0. The summed E-state index contributed by atoms with van der Waals surface area (Å²) in [6.45, 7) is 1.50. The van der Waals surface area contributed by atoms with Gasteiger partial charge in [-0.05, 0) is 56.3 Å². The molecule has 4 aliphatic carbocycles. The van der Waals surface area contributed by atoms with Crippen LogP contribution in [0.4, 0.5) is 5.13 Å². The zero-order chi connectivity index (χ0) is 14.6. The number of hydrogen-bond donors (Lipinski definition) is 1. The van der Waals surface area contributed by atoms with Gasteiger partial charge in [0.15, 0.2) is 10.9 Å². The van der Waals surface area contributed by atoms with Gasteiger partial charge in [-0.1, -0.05) is 0 Å². The van der Waals surface area contributed by atoms with E-state index in [0.29, 0.717) is 10.8 Å². The van der Waals surface area contributed by atoms with Gasteiger partial charge in [0.25, 0.3) is 0 Å². The molecule has 1 aromatic heterocycles. The number of anilines is 1. The topological polar surface area (TPSA) is 59.1 Å². The molecule has 5 heteroatoms. The van der Waals surface area contributed by atoms with Gasteiger partial charge in [0.05, 0.1) is 5.41 Å². The van der Waals surface area contributed by atoms with Crippen LogP contribution < -0.4 is 5.32 Å². The van der Waals surface area contributed by atoms with Crippen LogP contribution in [0.3, 0.4) is 0 Å². The van der Waals surface area contributed by atoms with Crippen LogP contribution in [0.15, 0.2) is 5.38 Å². The molecule has 4 aliphatic rings. The summed E-state index contributed by atoms with van der Waals surface area (Å²) < 4.78 is 0. The Balaban J connectivity index is 1.53. The molecule has 4 fully saturated rings. The van der Waals surface area contributed by atoms with Gasteiger partial charge < -0.3 is 5.32 Å². The lowest BCUT2D eigenvalue weighted by Crippen LogP contribution is -2.51. The lowest BCUT2D eigenvalue weighted by Gasteiger charge is -2.55. The van der Waals surface area contributed by atoms with Crippen LogP contribution in [0, 0.1) is 23.2 Å². The quantitative estimate of drug-likeness (QED) is 0.869. The van der Waals surface area contributed by atoms with E-state index in [-0.39, 0.29) is 17.1 Å². The molecule has 112 valence electrons. The first kappa shape index (κ1) is 13.4. The molecular formula is C16H20N2O2S. The number of ketones is 1. The van der Waals surface area contributed by atoms with Gasteiger partial charge >= 0.3 is 0 Å². The van der Waals surface area contributed by atoms with E-state index >= 15 is 0 Å². The lowest BCUT2D eigenvalue weighted by molar-refractivity contribution is -0.140. The molecule has 1 aromatic rings. The number of nitrogens with one attached hydrogen (secondary N) is 1. The van der Waals surface area contributed by atoms with Crippen molar-refractivity contribution in [1.29, 1.82) is 0 Å². The number of hydrogen-bond acceptors (Lipinski definition) is 4. The van der Waals surface area contributed by atoms with E-state index in [4.69, 9.17) is 0 Å². The van der Waals surface area contributed by atoms with E-state index in [1.165, 1.54) is 37.5 Å². The summed E-state index contributed by atoms with van der Waals surface area (Å²) in [5.74, 6) is 2.36. The lowest BCUT2D eigenvalue weighted by atomic mass is 9.49. The number of carbonyl (C=O) groups excluding carboxylic acids is 2. The van der Waals surface area contributed by atoms with Crippen molar-refractivity contribution < 1.29 is 9.59 Å². The summed E-state index contributed by atoms with van der Waals surface area (Å²) >= 11 is 1.35. The third kappa shape index (κ3) is 2.22. The van der Waals surface area contributed by atoms with Crippen LogP contribution in [-0.2, 0) is 4.79 Å². The van der Waals surface area contributed by atoms with Gasteiger partial charge in [0.2, 0.25) is 5.91 Å². The van der Waals surface area contributed by atoms with Crippen molar-refractivity contribution >= 4 is 28.2 Å². The number of nitrogens with zero attached hydrogens (tertiary/aromatic N) is 1. The van der Waals surface area contributed by atoms with Gasteiger partial charge in [-0.15, -0.1) is 11.3 Å². The number of amides is 1. The first-order valence-electron chi connectivity index (χ1n) is 7.82. The van der Waals surface area contributed by atoms with Crippen LogP contribution in [0.25, 0.3) is 0 Å². The molecule has 0 atom stereocenters. The fraction of sp³-hybridized carbons (Fsp3) is 0.688. The van der Waals surface area contributed by atoms with E-state index in [0.717, 1.165) is 37.0 Å². The van der Waals surface area contributed by atoms with Gasteiger partial charge in [-0.2, -0.15) is 0 Å². The Bertz CT molecular complexity index is 572. The molecule has 1 N–H and O–H groups in total.